The number of hydrogen-bond acceptors (Lipinski definition) is 4. The average Bonchev–Trinajstić information content (AvgIpc) is 2.25. The fraction of sp³-hybridized carbons (Fsp3) is 0.333. The topological polar surface area (TPSA) is 52.6 Å². The number of benzene rings is 1. The molecule has 0 aliphatic carbocycles. The Morgan fingerprint density at radius 2 is 1.82 bits per heavy atom. The first kappa shape index (κ1) is 13.6. The van der Waals surface area contributed by atoms with Crippen molar-refractivity contribution in [3.63, 3.8) is 0 Å². The molecule has 0 unspecified atom stereocenters. The molecular formula is C12H14O4S. The van der Waals surface area contributed by atoms with Crippen LogP contribution in [0, 0.1) is 26.2 Å². The van der Waals surface area contributed by atoms with Crippen LogP contribution in [0.4, 0.5) is 0 Å². The van der Waals surface area contributed by atoms with Crippen LogP contribution in [0.3, 0.4) is 0 Å². The van der Waals surface area contributed by atoms with E-state index in [1.54, 1.807) is 26.0 Å². The first-order valence-corrected chi connectivity index (χ1v) is 6.31. The van der Waals surface area contributed by atoms with Gasteiger partial charge in [-0.25, -0.2) is 0 Å². The molecule has 0 bridgehead atoms. The minimum Gasteiger partial charge on any atom is -0.481 e. The summed E-state index contributed by atoms with van der Waals surface area (Å²) >= 11 is 0. The Morgan fingerprint density at radius 3 is 2.24 bits per heavy atom. The van der Waals surface area contributed by atoms with Crippen molar-refractivity contribution in [1.82, 2.24) is 0 Å². The minimum absolute atomic E-state index is 0.148. The molecule has 5 heteroatoms. The molecule has 0 saturated heterocycles. The molecule has 0 saturated carbocycles. The van der Waals surface area contributed by atoms with E-state index in [9.17, 15) is 8.42 Å². The highest BCUT2D eigenvalue weighted by Gasteiger charge is 2.19. The molecule has 0 heterocycles. The Balaban J connectivity index is 3.26. The molecule has 0 amide bonds. The van der Waals surface area contributed by atoms with Crippen LogP contribution in [-0.4, -0.2) is 22.1 Å². The van der Waals surface area contributed by atoms with Crippen LogP contribution >= 0.6 is 0 Å². The highest BCUT2D eigenvalue weighted by atomic mass is 32.2. The van der Waals surface area contributed by atoms with Gasteiger partial charge in [-0.3, -0.25) is 4.18 Å². The zero-order chi connectivity index (χ0) is 13.1. The van der Waals surface area contributed by atoms with Crippen LogP contribution in [0.5, 0.6) is 5.75 Å². The molecule has 0 N–H and O–H groups in total. The van der Waals surface area contributed by atoms with E-state index < -0.39 is 10.1 Å². The number of hydrogen-bond donors (Lipinski definition) is 0. The first-order chi connectivity index (χ1) is 7.92. The van der Waals surface area contributed by atoms with Gasteiger partial charge in [0.05, 0.1) is 7.11 Å². The van der Waals surface area contributed by atoms with E-state index >= 15 is 0 Å². The second-order valence-corrected chi connectivity index (χ2v) is 5.15. The normalized spacial score (nSPS) is 10.9. The molecule has 0 fully saturated rings. The van der Waals surface area contributed by atoms with Crippen LogP contribution in [0.15, 0.2) is 17.0 Å². The summed E-state index contributed by atoms with van der Waals surface area (Å²) in [5.41, 5.74) is 1.14. The summed E-state index contributed by atoms with van der Waals surface area (Å²) in [6, 6.07) is 3.24. The molecule has 0 aromatic heterocycles. The second kappa shape index (κ2) is 5.21. The fourth-order valence-corrected chi connectivity index (χ4v) is 2.67. The molecule has 0 spiro atoms. The van der Waals surface area contributed by atoms with E-state index in [0.717, 1.165) is 7.11 Å². The molecular weight excluding hydrogens is 240 g/mol. The molecule has 92 valence electrons. The molecule has 0 radical (unpaired) electrons. The van der Waals surface area contributed by atoms with Gasteiger partial charge in [0.2, 0.25) is 0 Å². The lowest BCUT2D eigenvalue weighted by molar-refractivity contribution is 0.369. The molecule has 1 aromatic carbocycles. The summed E-state index contributed by atoms with van der Waals surface area (Å²) in [6.07, 6.45) is 5.08. The van der Waals surface area contributed by atoms with Crippen molar-refractivity contribution < 1.29 is 17.3 Å². The quantitative estimate of drug-likeness (QED) is 0.605. The van der Waals surface area contributed by atoms with Crippen molar-refractivity contribution in [2.24, 2.45) is 0 Å². The fourth-order valence-electron chi connectivity index (χ4n) is 1.60. The lowest BCUT2D eigenvalue weighted by atomic mass is 10.1. The maximum absolute atomic E-state index is 11.7. The van der Waals surface area contributed by atoms with Gasteiger partial charge >= 0.3 is 0 Å². The number of rotatable bonds is 4. The SMILES string of the molecule is C#CCOc1cc(C)c(S(=O)(=O)OC)c(C)c1. The zero-order valence-electron chi connectivity index (χ0n) is 9.98. The highest BCUT2D eigenvalue weighted by Crippen LogP contribution is 2.26. The standard InChI is InChI=1S/C12H14O4S/c1-5-6-16-11-7-9(2)12(10(3)8-11)17(13,14)15-4/h1,7-8H,6H2,2-4H3. The summed E-state index contributed by atoms with van der Waals surface area (Å²) in [5, 5.41) is 0. The van der Waals surface area contributed by atoms with Crippen molar-refractivity contribution in [2.75, 3.05) is 13.7 Å². The maximum Gasteiger partial charge on any atom is 0.297 e. The van der Waals surface area contributed by atoms with Gasteiger partial charge in [0.25, 0.3) is 10.1 Å². The van der Waals surface area contributed by atoms with Gasteiger partial charge < -0.3 is 4.74 Å². The summed E-state index contributed by atoms with van der Waals surface area (Å²) in [4.78, 5) is 0.174. The lowest BCUT2D eigenvalue weighted by Gasteiger charge is -2.11. The number of terminal acetylenes is 1. The monoisotopic (exact) mass is 254 g/mol. The lowest BCUT2D eigenvalue weighted by Crippen LogP contribution is -2.08. The second-order valence-electron chi connectivity index (χ2n) is 3.50. The van der Waals surface area contributed by atoms with Crippen molar-refractivity contribution in [1.29, 1.82) is 0 Å². The third-order valence-electron chi connectivity index (χ3n) is 2.23. The van der Waals surface area contributed by atoms with Crippen molar-refractivity contribution in [3.8, 4) is 18.1 Å². The third-order valence-corrected chi connectivity index (χ3v) is 3.81. The van der Waals surface area contributed by atoms with Gasteiger partial charge in [0, 0.05) is 0 Å². The van der Waals surface area contributed by atoms with Gasteiger partial charge in [-0.05, 0) is 37.1 Å². The summed E-state index contributed by atoms with van der Waals surface area (Å²) in [5.74, 6) is 2.90. The molecule has 0 atom stereocenters. The van der Waals surface area contributed by atoms with E-state index in [2.05, 4.69) is 10.1 Å². The van der Waals surface area contributed by atoms with Gasteiger partial charge in [-0.2, -0.15) is 8.42 Å². The average molecular weight is 254 g/mol. The largest absolute Gasteiger partial charge is 0.481 e. The Labute approximate surface area is 102 Å². The van der Waals surface area contributed by atoms with E-state index in [1.165, 1.54) is 0 Å². The summed E-state index contributed by atoms with van der Waals surface area (Å²) < 4.78 is 33.1. The van der Waals surface area contributed by atoms with Gasteiger partial charge in [0.15, 0.2) is 0 Å². The smallest absolute Gasteiger partial charge is 0.297 e. The van der Waals surface area contributed by atoms with Crippen molar-refractivity contribution in [2.45, 2.75) is 18.7 Å². The molecule has 0 aliphatic heterocycles. The summed E-state index contributed by atoms with van der Waals surface area (Å²) in [7, 11) is -2.56. The van der Waals surface area contributed by atoms with Crippen LogP contribution in [0.1, 0.15) is 11.1 Å². The third kappa shape index (κ3) is 2.99. The van der Waals surface area contributed by atoms with Crippen LogP contribution in [0.2, 0.25) is 0 Å². The van der Waals surface area contributed by atoms with Gasteiger partial charge in [-0.1, -0.05) is 5.92 Å². The van der Waals surface area contributed by atoms with E-state index in [-0.39, 0.29) is 11.5 Å². The van der Waals surface area contributed by atoms with Crippen LogP contribution in [-0.2, 0) is 14.3 Å². The van der Waals surface area contributed by atoms with E-state index in [1.807, 2.05) is 0 Å². The number of aryl methyl sites for hydroxylation is 2. The molecule has 4 nitrogen and oxygen atoms in total. The van der Waals surface area contributed by atoms with Crippen molar-refractivity contribution in [3.05, 3.63) is 23.3 Å². The number of ether oxygens (including phenoxy) is 1. The highest BCUT2D eigenvalue weighted by molar-refractivity contribution is 7.86. The predicted octanol–water partition coefficient (Wildman–Crippen LogP) is 1.65. The van der Waals surface area contributed by atoms with Crippen LogP contribution in [0.25, 0.3) is 0 Å². The van der Waals surface area contributed by atoms with Crippen molar-refractivity contribution >= 4 is 10.1 Å². The van der Waals surface area contributed by atoms with Gasteiger partial charge in [0.1, 0.15) is 17.3 Å². The maximum atomic E-state index is 11.7. The Hall–Kier alpha value is -1.51. The zero-order valence-corrected chi connectivity index (χ0v) is 10.8. The Kier molecular flexibility index (Phi) is 4.16. The van der Waals surface area contributed by atoms with Gasteiger partial charge in [-0.15, -0.1) is 6.42 Å². The molecule has 17 heavy (non-hydrogen) atoms. The molecule has 1 aromatic rings. The van der Waals surface area contributed by atoms with E-state index in [0.29, 0.717) is 16.9 Å². The Bertz CT molecular complexity index is 529. The predicted molar refractivity (Wildman–Crippen MR) is 64.4 cm³/mol. The molecule has 1 rings (SSSR count). The first-order valence-electron chi connectivity index (χ1n) is 4.90. The van der Waals surface area contributed by atoms with E-state index in [4.69, 9.17) is 11.2 Å². The van der Waals surface area contributed by atoms with Crippen LogP contribution < -0.4 is 4.74 Å². The summed E-state index contributed by atoms with van der Waals surface area (Å²) in [6.45, 7) is 3.51. The molecule has 0 aliphatic rings. The Morgan fingerprint density at radius 1 is 1.29 bits per heavy atom. The minimum atomic E-state index is -3.69.